The molecule has 0 aromatic carbocycles. The molecule has 1 aromatic heterocycles. The summed E-state index contributed by atoms with van der Waals surface area (Å²) in [6, 6.07) is 0. The fourth-order valence-electron chi connectivity index (χ4n) is 0.207. The van der Waals surface area contributed by atoms with Crippen molar-refractivity contribution in [2.24, 2.45) is 7.05 Å². The van der Waals surface area contributed by atoms with E-state index in [4.69, 9.17) is 20.6 Å². The van der Waals surface area contributed by atoms with Gasteiger partial charge in [0.15, 0.2) is 0 Å². The Hall–Kier alpha value is 0.809. The second-order valence-corrected chi connectivity index (χ2v) is 3.52. The molecule has 0 amide bonds. The Kier molecular flexibility index (Phi) is 20.9. The first-order chi connectivity index (χ1) is 6.36. The molecule has 0 saturated heterocycles. The van der Waals surface area contributed by atoms with E-state index in [2.05, 4.69) is 15.5 Å². The predicted octanol–water partition coefficient (Wildman–Crippen LogP) is -13.9. The van der Waals surface area contributed by atoms with Crippen molar-refractivity contribution >= 4 is 0 Å². The molecule has 1 radical (unpaired) electrons. The zero-order valence-corrected chi connectivity index (χ0v) is 12.1. The molecular weight excluding hydrogens is 493 g/mol. The number of rotatable bonds is 0. The van der Waals surface area contributed by atoms with E-state index in [1.54, 1.807) is 7.05 Å². The Balaban J connectivity index is -0.000000145. The summed E-state index contributed by atoms with van der Waals surface area (Å²) in [7, 11) is 1.76. The van der Waals surface area contributed by atoms with Crippen molar-refractivity contribution in [3.05, 3.63) is 6.33 Å². The molecule has 0 unspecified atom stereocenters. The summed E-state index contributed by atoms with van der Waals surface area (Å²) in [5.41, 5.74) is 0. The topological polar surface area (TPSA) is 182 Å². The Bertz CT molecular complexity index is 188. The third kappa shape index (κ3) is 39.8. The van der Waals surface area contributed by atoms with Gasteiger partial charge in [-0.05, 0) is 10.4 Å². The summed E-state index contributed by atoms with van der Waals surface area (Å²) in [5, 5.41) is 10.2. The third-order valence-corrected chi connectivity index (χ3v) is 0.451. The van der Waals surface area contributed by atoms with Crippen LogP contribution in [0.3, 0.4) is 0 Å². The van der Waals surface area contributed by atoms with Gasteiger partial charge in [0.25, 0.3) is 42.1 Å². The van der Waals surface area contributed by atoms with Gasteiger partial charge in [-0.15, -0.1) is 5.10 Å². The summed E-state index contributed by atoms with van der Waals surface area (Å²) >= 11 is -8.03. The van der Waals surface area contributed by atoms with Crippen molar-refractivity contribution < 1.29 is 79.8 Å². The van der Waals surface area contributed by atoms with Crippen molar-refractivity contribution in [1.29, 1.82) is 0 Å². The van der Waals surface area contributed by atoms with Gasteiger partial charge in [-0.2, -0.15) is 0 Å². The fourth-order valence-corrected chi connectivity index (χ4v) is 0.207. The minimum absolute atomic E-state index is 0. The van der Waals surface area contributed by atoms with Crippen molar-refractivity contribution in [2.45, 2.75) is 0 Å². The molecule has 0 aliphatic heterocycles. The minimum Gasteiger partial charge on any atom is -0.427 e. The molecule has 1 heterocycles. The second-order valence-electron chi connectivity index (χ2n) is 1.36. The number of aryl methyl sites for hydroxylation is 1. The summed E-state index contributed by atoms with van der Waals surface area (Å²) in [4.78, 5) is 0. The van der Waals surface area contributed by atoms with Crippen LogP contribution >= 0.6 is 0 Å². The van der Waals surface area contributed by atoms with Crippen LogP contribution in [0.2, 0.25) is 0 Å². The molecule has 1 rings (SSSR count). The maximum Gasteiger partial charge on any atom is 2.00 e. The van der Waals surface area contributed by atoms with Gasteiger partial charge in [-0.25, -0.2) is 4.68 Å². The molecule has 0 bridgehead atoms. The maximum atomic E-state index is 8.57. The van der Waals surface area contributed by atoms with E-state index in [-0.39, 0.29) is 17.1 Å². The Morgan fingerprint density at radius 2 is 1.33 bits per heavy atom. The average molecular weight is 497 g/mol. The van der Waals surface area contributed by atoms with Gasteiger partial charge in [0.2, 0.25) is 0 Å². The van der Waals surface area contributed by atoms with Gasteiger partial charge in [-0.3, -0.25) is 0 Å². The van der Waals surface area contributed by atoms with Crippen LogP contribution in [-0.4, -0.2) is 20.2 Å². The number of hydrogen-bond donors (Lipinski definition) is 0. The molecule has 0 aliphatic carbocycles. The van der Waals surface area contributed by atoms with Crippen LogP contribution in [0, 0.1) is 0 Å². The Morgan fingerprint density at radius 3 is 1.40 bits per heavy atom. The first-order valence-electron chi connectivity index (χ1n) is 2.49. The van der Waals surface area contributed by atoms with E-state index in [1.165, 1.54) is 11.0 Å². The second kappa shape index (κ2) is 14.8. The fraction of sp³-hybridized carbons (Fsp3) is 0.500. The van der Waals surface area contributed by atoms with Crippen molar-refractivity contribution in [3.8, 4) is 0 Å². The van der Waals surface area contributed by atoms with E-state index < -0.39 is 42.1 Å². The SMILES string of the molecule is Cn1cnnn1.[Cu+2].[O-][I+2]([O-])[O-].[O-][I+2]([O-])[O-]. The van der Waals surface area contributed by atoms with Crippen LogP contribution in [-0.2, 0) is 24.1 Å². The summed E-state index contributed by atoms with van der Waals surface area (Å²) < 4.78 is 53.0. The van der Waals surface area contributed by atoms with Crippen molar-refractivity contribution in [1.82, 2.24) is 20.2 Å². The largest absolute Gasteiger partial charge is 2.00 e. The summed E-state index contributed by atoms with van der Waals surface area (Å²) in [5.74, 6) is 0. The Labute approximate surface area is 112 Å². The minimum atomic E-state index is -4.01. The van der Waals surface area contributed by atoms with Crippen molar-refractivity contribution in [2.75, 3.05) is 0 Å². The molecule has 13 heteroatoms. The average Bonchev–Trinajstić information content (AvgIpc) is 2.36. The maximum absolute atomic E-state index is 8.57. The molecule has 93 valence electrons. The van der Waals surface area contributed by atoms with Crippen LogP contribution in [0.5, 0.6) is 0 Å². The molecule has 0 atom stereocenters. The Morgan fingerprint density at radius 1 is 1.00 bits per heavy atom. The zero-order chi connectivity index (χ0) is 11.6. The number of aromatic nitrogens is 4. The quantitative estimate of drug-likeness (QED) is 0.248. The molecule has 0 aliphatic rings. The van der Waals surface area contributed by atoms with Gasteiger partial charge in [0.1, 0.15) is 6.33 Å². The van der Waals surface area contributed by atoms with E-state index in [9.17, 15) is 0 Å². The van der Waals surface area contributed by atoms with E-state index in [0.29, 0.717) is 0 Å². The number of tetrazole rings is 1. The first kappa shape index (κ1) is 21.1. The molecule has 10 nitrogen and oxygen atoms in total. The molecular formula is C2H4CuI2N4O6. The van der Waals surface area contributed by atoms with E-state index in [1.807, 2.05) is 0 Å². The molecule has 1 aromatic rings. The monoisotopic (exact) mass is 497 g/mol. The van der Waals surface area contributed by atoms with Crippen LogP contribution in [0.4, 0.5) is 0 Å². The van der Waals surface area contributed by atoms with Gasteiger partial charge < -0.3 is 20.6 Å². The molecule has 0 saturated carbocycles. The van der Waals surface area contributed by atoms with Crippen LogP contribution < -0.4 is 62.7 Å². The first-order valence-corrected chi connectivity index (χ1v) is 7.77. The summed E-state index contributed by atoms with van der Waals surface area (Å²) in [6.45, 7) is 0. The van der Waals surface area contributed by atoms with Crippen LogP contribution in [0.15, 0.2) is 6.33 Å². The summed E-state index contributed by atoms with van der Waals surface area (Å²) in [6.07, 6.45) is 1.53. The van der Waals surface area contributed by atoms with Gasteiger partial charge in [-0.1, -0.05) is 0 Å². The van der Waals surface area contributed by atoms with E-state index >= 15 is 0 Å². The zero-order valence-electron chi connectivity index (χ0n) is 6.87. The smallest absolute Gasteiger partial charge is 0.427 e. The number of nitrogens with zero attached hydrogens (tertiary/aromatic N) is 4. The van der Waals surface area contributed by atoms with Crippen molar-refractivity contribution in [3.63, 3.8) is 0 Å². The predicted molar refractivity (Wildman–Crippen MR) is 18.8 cm³/mol. The molecule has 0 spiro atoms. The van der Waals surface area contributed by atoms with Gasteiger partial charge in [0.05, 0.1) is 0 Å². The van der Waals surface area contributed by atoms with Gasteiger partial charge >= 0.3 is 17.1 Å². The number of halogens is 2. The molecule has 0 N–H and O–H groups in total. The number of hydrogen-bond acceptors (Lipinski definition) is 9. The molecule has 15 heavy (non-hydrogen) atoms. The normalized spacial score (nSPS) is 8.33. The molecule has 0 fully saturated rings. The standard InChI is InChI=1S/C2H4N4.Cu.2IO3/c1-6-2-3-4-5-6;;2*2-1(3)4/h2H,1H3;;;/q;+2;2*-1. The van der Waals surface area contributed by atoms with E-state index in [0.717, 1.165) is 0 Å². The third-order valence-electron chi connectivity index (χ3n) is 0.451. The van der Waals surface area contributed by atoms with Crippen LogP contribution in [0.25, 0.3) is 0 Å². The van der Waals surface area contributed by atoms with Crippen LogP contribution in [0.1, 0.15) is 0 Å². The van der Waals surface area contributed by atoms with Gasteiger partial charge in [0, 0.05) is 7.05 Å².